The topological polar surface area (TPSA) is 48.0 Å². The maximum atomic E-state index is 13.7. The third-order valence-electron chi connectivity index (χ3n) is 4.99. The zero-order chi connectivity index (χ0) is 19.9. The van der Waals surface area contributed by atoms with Gasteiger partial charge >= 0.3 is 0 Å². The van der Waals surface area contributed by atoms with Crippen molar-refractivity contribution in [3.8, 4) is 17.2 Å². The van der Waals surface area contributed by atoms with E-state index in [2.05, 4.69) is 0 Å². The Kier molecular flexibility index (Phi) is 6.74. The molecule has 5 nitrogen and oxygen atoms in total. The molecule has 0 bridgehead atoms. The number of amides is 1. The Morgan fingerprint density at radius 2 is 1.89 bits per heavy atom. The lowest BCUT2D eigenvalue weighted by Gasteiger charge is -2.32. The van der Waals surface area contributed by atoms with Gasteiger partial charge in [-0.05, 0) is 42.7 Å². The molecular formula is C22H26FNO4. The van der Waals surface area contributed by atoms with Crippen molar-refractivity contribution in [3.05, 3.63) is 53.8 Å². The SMILES string of the molecule is COc1ccc(CC(=O)N2CCCC(COc3ccccc3F)C2)cc1OC. The lowest BCUT2D eigenvalue weighted by atomic mass is 9.98. The summed E-state index contributed by atoms with van der Waals surface area (Å²) < 4.78 is 29.9. The van der Waals surface area contributed by atoms with E-state index < -0.39 is 0 Å². The standard InChI is InChI=1S/C22H26FNO4/c1-26-20-10-9-16(12-21(20)27-2)13-22(25)24-11-5-6-17(14-24)15-28-19-8-4-3-7-18(19)23/h3-4,7-10,12,17H,5-6,11,13-15H2,1-2H3. The first kappa shape index (κ1) is 20.0. The first-order valence-corrected chi connectivity index (χ1v) is 9.46. The van der Waals surface area contributed by atoms with Gasteiger partial charge in [-0.15, -0.1) is 0 Å². The Morgan fingerprint density at radius 1 is 1.11 bits per heavy atom. The summed E-state index contributed by atoms with van der Waals surface area (Å²) in [6, 6.07) is 11.9. The molecule has 0 spiro atoms. The molecule has 1 fully saturated rings. The summed E-state index contributed by atoms with van der Waals surface area (Å²) in [6.45, 7) is 1.77. The maximum absolute atomic E-state index is 13.7. The van der Waals surface area contributed by atoms with Gasteiger partial charge in [0.05, 0.1) is 27.2 Å². The maximum Gasteiger partial charge on any atom is 0.227 e. The normalized spacial score (nSPS) is 16.5. The number of carbonyl (C=O) groups excluding carboxylic acids is 1. The molecule has 0 aliphatic carbocycles. The number of nitrogens with zero attached hydrogens (tertiary/aromatic N) is 1. The summed E-state index contributed by atoms with van der Waals surface area (Å²) in [5.41, 5.74) is 0.882. The number of carbonyl (C=O) groups is 1. The molecular weight excluding hydrogens is 361 g/mol. The van der Waals surface area contributed by atoms with Crippen molar-refractivity contribution in [2.45, 2.75) is 19.3 Å². The van der Waals surface area contributed by atoms with Crippen LogP contribution in [0.15, 0.2) is 42.5 Å². The van der Waals surface area contributed by atoms with E-state index in [1.807, 2.05) is 23.1 Å². The monoisotopic (exact) mass is 387 g/mol. The van der Waals surface area contributed by atoms with Gasteiger partial charge in [0.1, 0.15) is 0 Å². The van der Waals surface area contributed by atoms with Crippen LogP contribution < -0.4 is 14.2 Å². The fraction of sp³-hybridized carbons (Fsp3) is 0.409. The van der Waals surface area contributed by atoms with Crippen LogP contribution in [0.2, 0.25) is 0 Å². The number of methoxy groups -OCH3 is 2. The predicted octanol–water partition coefficient (Wildman–Crippen LogP) is 3.70. The molecule has 150 valence electrons. The molecule has 0 aromatic heterocycles. The van der Waals surface area contributed by atoms with Gasteiger partial charge in [-0.25, -0.2) is 4.39 Å². The van der Waals surface area contributed by atoms with Crippen molar-refractivity contribution in [3.63, 3.8) is 0 Å². The smallest absolute Gasteiger partial charge is 0.227 e. The number of halogens is 1. The zero-order valence-electron chi connectivity index (χ0n) is 16.3. The van der Waals surface area contributed by atoms with Gasteiger partial charge in [0.25, 0.3) is 0 Å². The number of hydrogen-bond donors (Lipinski definition) is 0. The van der Waals surface area contributed by atoms with E-state index >= 15 is 0 Å². The summed E-state index contributed by atoms with van der Waals surface area (Å²) >= 11 is 0. The van der Waals surface area contributed by atoms with Gasteiger partial charge in [-0.3, -0.25) is 4.79 Å². The fourth-order valence-electron chi connectivity index (χ4n) is 3.47. The molecule has 2 aromatic rings. The van der Waals surface area contributed by atoms with Crippen LogP contribution in [0, 0.1) is 11.7 Å². The first-order valence-electron chi connectivity index (χ1n) is 9.46. The molecule has 1 heterocycles. The molecule has 1 aliphatic heterocycles. The minimum Gasteiger partial charge on any atom is -0.493 e. The molecule has 1 saturated heterocycles. The van der Waals surface area contributed by atoms with Gasteiger partial charge in [-0.1, -0.05) is 18.2 Å². The Balaban J connectivity index is 1.56. The van der Waals surface area contributed by atoms with Crippen molar-refractivity contribution in [1.82, 2.24) is 4.90 Å². The molecule has 6 heteroatoms. The summed E-state index contributed by atoms with van der Waals surface area (Å²) in [5, 5.41) is 0. The van der Waals surface area contributed by atoms with E-state index in [-0.39, 0.29) is 23.4 Å². The second kappa shape index (κ2) is 9.44. The van der Waals surface area contributed by atoms with Crippen molar-refractivity contribution in [1.29, 1.82) is 0 Å². The molecule has 1 aliphatic rings. The Bertz CT molecular complexity index is 811. The Labute approximate surface area is 165 Å². The molecule has 0 N–H and O–H groups in total. The van der Waals surface area contributed by atoms with E-state index in [1.165, 1.54) is 6.07 Å². The molecule has 1 atom stereocenters. The van der Waals surface area contributed by atoms with Gasteiger partial charge in [0, 0.05) is 19.0 Å². The molecule has 1 unspecified atom stereocenters. The fourth-order valence-corrected chi connectivity index (χ4v) is 3.47. The van der Waals surface area contributed by atoms with Crippen LogP contribution in [0.3, 0.4) is 0 Å². The second-order valence-corrected chi connectivity index (χ2v) is 6.96. The summed E-state index contributed by atoms with van der Waals surface area (Å²) in [6.07, 6.45) is 2.19. The van der Waals surface area contributed by atoms with Crippen molar-refractivity contribution in [2.75, 3.05) is 33.9 Å². The summed E-state index contributed by atoms with van der Waals surface area (Å²) in [5.74, 6) is 1.42. The third-order valence-corrected chi connectivity index (χ3v) is 4.99. The van der Waals surface area contributed by atoms with Crippen molar-refractivity contribution in [2.24, 2.45) is 5.92 Å². The van der Waals surface area contributed by atoms with E-state index in [1.54, 1.807) is 32.4 Å². The van der Waals surface area contributed by atoms with Gasteiger partial charge in [0.2, 0.25) is 5.91 Å². The molecule has 0 radical (unpaired) electrons. The number of para-hydroxylation sites is 1. The van der Waals surface area contributed by atoms with E-state index in [9.17, 15) is 9.18 Å². The number of ether oxygens (including phenoxy) is 3. The minimum atomic E-state index is -0.361. The zero-order valence-corrected chi connectivity index (χ0v) is 16.3. The highest BCUT2D eigenvalue weighted by molar-refractivity contribution is 5.79. The van der Waals surface area contributed by atoms with Crippen LogP contribution in [0.4, 0.5) is 4.39 Å². The lowest BCUT2D eigenvalue weighted by Crippen LogP contribution is -2.42. The number of hydrogen-bond acceptors (Lipinski definition) is 4. The molecule has 1 amide bonds. The summed E-state index contributed by atoms with van der Waals surface area (Å²) in [7, 11) is 3.16. The van der Waals surface area contributed by atoms with Crippen LogP contribution in [-0.4, -0.2) is 44.7 Å². The van der Waals surface area contributed by atoms with Crippen LogP contribution in [0.1, 0.15) is 18.4 Å². The number of piperidine rings is 1. The second-order valence-electron chi connectivity index (χ2n) is 6.96. The average Bonchev–Trinajstić information content (AvgIpc) is 2.73. The van der Waals surface area contributed by atoms with Gasteiger partial charge in [0.15, 0.2) is 23.1 Å². The van der Waals surface area contributed by atoms with Gasteiger partial charge in [-0.2, -0.15) is 0 Å². The Hall–Kier alpha value is -2.76. The highest BCUT2D eigenvalue weighted by Crippen LogP contribution is 2.28. The van der Waals surface area contributed by atoms with Gasteiger partial charge < -0.3 is 19.1 Å². The number of benzene rings is 2. The van der Waals surface area contributed by atoms with E-state index in [0.717, 1.165) is 24.9 Å². The minimum absolute atomic E-state index is 0.0720. The van der Waals surface area contributed by atoms with Crippen LogP contribution in [0.25, 0.3) is 0 Å². The number of likely N-dealkylation sites (tertiary alicyclic amines) is 1. The van der Waals surface area contributed by atoms with Crippen molar-refractivity contribution >= 4 is 5.91 Å². The summed E-state index contributed by atoms with van der Waals surface area (Å²) in [4.78, 5) is 14.6. The molecule has 28 heavy (non-hydrogen) atoms. The molecule has 3 rings (SSSR count). The highest BCUT2D eigenvalue weighted by atomic mass is 19.1. The van der Waals surface area contributed by atoms with Crippen molar-refractivity contribution < 1.29 is 23.4 Å². The quantitative estimate of drug-likeness (QED) is 0.727. The van der Waals surface area contributed by atoms with Crippen LogP contribution in [-0.2, 0) is 11.2 Å². The largest absolute Gasteiger partial charge is 0.493 e. The average molecular weight is 387 g/mol. The lowest BCUT2D eigenvalue weighted by molar-refractivity contribution is -0.132. The predicted molar refractivity (Wildman–Crippen MR) is 104 cm³/mol. The van der Waals surface area contributed by atoms with E-state index in [4.69, 9.17) is 14.2 Å². The first-order chi connectivity index (χ1) is 13.6. The van der Waals surface area contributed by atoms with Crippen LogP contribution in [0.5, 0.6) is 17.2 Å². The van der Waals surface area contributed by atoms with E-state index in [0.29, 0.717) is 31.1 Å². The Morgan fingerprint density at radius 3 is 2.64 bits per heavy atom. The molecule has 2 aromatic carbocycles. The molecule has 0 saturated carbocycles. The third kappa shape index (κ3) is 4.94. The number of rotatable bonds is 7. The van der Waals surface area contributed by atoms with Crippen LogP contribution >= 0.6 is 0 Å². The highest BCUT2D eigenvalue weighted by Gasteiger charge is 2.24.